The second kappa shape index (κ2) is 8.01. The van der Waals surface area contributed by atoms with Gasteiger partial charge in [-0.15, -0.1) is 0 Å². The minimum Gasteiger partial charge on any atom is -0.0590 e. The summed E-state index contributed by atoms with van der Waals surface area (Å²) in [5, 5.41) is 0. The lowest BCUT2D eigenvalue weighted by Crippen LogP contribution is -1.83. The molecule has 26 heavy (non-hydrogen) atoms. The molecule has 0 fully saturated rings. The maximum Gasteiger partial charge on any atom is -0.0225 e. The van der Waals surface area contributed by atoms with Gasteiger partial charge in [0, 0.05) is 0 Å². The van der Waals surface area contributed by atoms with Crippen LogP contribution in [-0.4, -0.2) is 0 Å². The molecule has 0 nitrogen and oxygen atoms in total. The molecule has 0 N–H and O–H groups in total. The highest BCUT2D eigenvalue weighted by molar-refractivity contribution is 5.74. The van der Waals surface area contributed by atoms with Gasteiger partial charge in [0.05, 0.1) is 0 Å². The van der Waals surface area contributed by atoms with Crippen LogP contribution in [0.4, 0.5) is 0 Å². The largest absolute Gasteiger partial charge is 0.0590 e. The van der Waals surface area contributed by atoms with Gasteiger partial charge < -0.3 is 0 Å². The molecule has 0 saturated carbocycles. The molecule has 3 aromatic rings. The molecular formula is C26H26. The fourth-order valence-electron chi connectivity index (χ4n) is 2.97. The first-order chi connectivity index (χ1) is 12.5. The van der Waals surface area contributed by atoms with Crippen LogP contribution in [0.2, 0.25) is 0 Å². The molecule has 130 valence electrons. The standard InChI is InChI=1S/C26H26/c1-19-5-7-21(3)25(17-19)15-13-23-9-11-24(12-10-23)14-16-26-18-20(2)6-8-22(26)4/h5-18H,1-4H3/b15-13+,16-14+. The van der Waals surface area contributed by atoms with E-state index in [1.54, 1.807) is 0 Å². The van der Waals surface area contributed by atoms with Crippen molar-refractivity contribution in [3.63, 3.8) is 0 Å². The van der Waals surface area contributed by atoms with Crippen LogP contribution in [0.25, 0.3) is 24.3 Å². The summed E-state index contributed by atoms with van der Waals surface area (Å²) in [6, 6.07) is 21.8. The third-order valence-electron chi connectivity index (χ3n) is 4.72. The normalized spacial score (nSPS) is 11.5. The van der Waals surface area contributed by atoms with E-state index in [-0.39, 0.29) is 0 Å². The summed E-state index contributed by atoms with van der Waals surface area (Å²) in [6.07, 6.45) is 8.76. The van der Waals surface area contributed by atoms with Crippen molar-refractivity contribution in [1.29, 1.82) is 0 Å². The van der Waals surface area contributed by atoms with Crippen LogP contribution < -0.4 is 0 Å². The molecule has 0 aromatic heterocycles. The quantitative estimate of drug-likeness (QED) is 0.439. The molecular weight excluding hydrogens is 312 g/mol. The van der Waals surface area contributed by atoms with E-state index in [0.29, 0.717) is 0 Å². The highest BCUT2D eigenvalue weighted by Crippen LogP contribution is 2.17. The van der Waals surface area contributed by atoms with E-state index in [1.807, 2.05) is 0 Å². The van der Waals surface area contributed by atoms with Crippen molar-refractivity contribution in [1.82, 2.24) is 0 Å². The Kier molecular flexibility index (Phi) is 5.53. The number of hydrogen-bond acceptors (Lipinski definition) is 0. The van der Waals surface area contributed by atoms with Gasteiger partial charge in [-0.05, 0) is 61.1 Å². The van der Waals surface area contributed by atoms with Crippen molar-refractivity contribution in [3.8, 4) is 0 Å². The first-order valence-corrected chi connectivity index (χ1v) is 9.12. The van der Waals surface area contributed by atoms with Gasteiger partial charge in [0.25, 0.3) is 0 Å². The Balaban J connectivity index is 1.74. The first-order valence-electron chi connectivity index (χ1n) is 9.12. The smallest absolute Gasteiger partial charge is 0.0225 e. The van der Waals surface area contributed by atoms with Crippen LogP contribution in [0, 0.1) is 27.7 Å². The number of rotatable bonds is 4. The minimum atomic E-state index is 1.22. The summed E-state index contributed by atoms with van der Waals surface area (Å²) < 4.78 is 0. The van der Waals surface area contributed by atoms with Crippen molar-refractivity contribution in [2.75, 3.05) is 0 Å². The average molecular weight is 338 g/mol. The molecule has 0 aliphatic rings. The topological polar surface area (TPSA) is 0 Å². The van der Waals surface area contributed by atoms with E-state index in [2.05, 4.69) is 113 Å². The fraction of sp³-hybridized carbons (Fsp3) is 0.154. The zero-order valence-electron chi connectivity index (χ0n) is 16.1. The van der Waals surface area contributed by atoms with Gasteiger partial charge in [-0.3, -0.25) is 0 Å². The maximum atomic E-state index is 2.23. The summed E-state index contributed by atoms with van der Waals surface area (Å²) in [5.74, 6) is 0. The summed E-state index contributed by atoms with van der Waals surface area (Å²) in [7, 11) is 0. The molecule has 3 aromatic carbocycles. The molecule has 0 saturated heterocycles. The highest BCUT2D eigenvalue weighted by atomic mass is 14.0. The second-order valence-electron chi connectivity index (χ2n) is 7.05. The molecule has 0 unspecified atom stereocenters. The van der Waals surface area contributed by atoms with Crippen LogP contribution in [0.5, 0.6) is 0 Å². The number of aryl methyl sites for hydroxylation is 4. The lowest BCUT2D eigenvalue weighted by atomic mass is 10.0. The van der Waals surface area contributed by atoms with E-state index >= 15 is 0 Å². The van der Waals surface area contributed by atoms with Crippen LogP contribution in [0.1, 0.15) is 44.5 Å². The summed E-state index contributed by atoms with van der Waals surface area (Å²) in [5.41, 5.74) is 10.2. The highest BCUT2D eigenvalue weighted by Gasteiger charge is 1.96. The Morgan fingerprint density at radius 2 is 0.846 bits per heavy atom. The molecule has 3 rings (SSSR count). The first kappa shape index (κ1) is 17.9. The van der Waals surface area contributed by atoms with E-state index < -0.39 is 0 Å². The van der Waals surface area contributed by atoms with E-state index in [4.69, 9.17) is 0 Å². The summed E-state index contributed by atoms with van der Waals surface area (Å²) in [4.78, 5) is 0. The van der Waals surface area contributed by atoms with Crippen molar-refractivity contribution < 1.29 is 0 Å². The van der Waals surface area contributed by atoms with E-state index in [1.165, 1.54) is 44.5 Å². The Morgan fingerprint density at radius 1 is 0.462 bits per heavy atom. The molecule has 0 amide bonds. The van der Waals surface area contributed by atoms with Crippen LogP contribution >= 0.6 is 0 Å². The Hall–Kier alpha value is -2.86. The van der Waals surface area contributed by atoms with Crippen LogP contribution in [0.15, 0.2) is 60.7 Å². The Morgan fingerprint density at radius 3 is 1.23 bits per heavy atom. The van der Waals surface area contributed by atoms with Crippen molar-refractivity contribution in [2.24, 2.45) is 0 Å². The Bertz CT molecular complexity index is 873. The minimum absolute atomic E-state index is 1.22. The Labute approximate surface area is 157 Å². The third-order valence-corrected chi connectivity index (χ3v) is 4.72. The van der Waals surface area contributed by atoms with E-state index in [0.717, 1.165) is 0 Å². The molecule has 0 spiro atoms. The fourth-order valence-corrected chi connectivity index (χ4v) is 2.97. The molecule has 0 aliphatic carbocycles. The van der Waals surface area contributed by atoms with Crippen molar-refractivity contribution in [2.45, 2.75) is 27.7 Å². The van der Waals surface area contributed by atoms with E-state index in [9.17, 15) is 0 Å². The molecule has 0 aliphatic heterocycles. The lowest BCUT2D eigenvalue weighted by molar-refractivity contribution is 1.38. The van der Waals surface area contributed by atoms with Gasteiger partial charge in [-0.1, -0.05) is 96.1 Å². The lowest BCUT2D eigenvalue weighted by Gasteiger charge is -2.03. The average Bonchev–Trinajstić information content (AvgIpc) is 2.64. The monoisotopic (exact) mass is 338 g/mol. The summed E-state index contributed by atoms with van der Waals surface area (Å²) in [6.45, 7) is 8.57. The third kappa shape index (κ3) is 4.61. The van der Waals surface area contributed by atoms with Gasteiger partial charge in [-0.2, -0.15) is 0 Å². The molecule has 0 bridgehead atoms. The molecule has 0 atom stereocenters. The molecule has 0 radical (unpaired) electrons. The van der Waals surface area contributed by atoms with Gasteiger partial charge in [0.15, 0.2) is 0 Å². The SMILES string of the molecule is Cc1ccc(C)c(/C=C/c2ccc(/C=C/c3cc(C)ccc3C)cc2)c1. The summed E-state index contributed by atoms with van der Waals surface area (Å²) >= 11 is 0. The van der Waals surface area contributed by atoms with Crippen LogP contribution in [0.3, 0.4) is 0 Å². The van der Waals surface area contributed by atoms with Gasteiger partial charge in [-0.25, -0.2) is 0 Å². The van der Waals surface area contributed by atoms with Gasteiger partial charge in [0.2, 0.25) is 0 Å². The predicted molar refractivity (Wildman–Crippen MR) is 116 cm³/mol. The van der Waals surface area contributed by atoms with Crippen molar-refractivity contribution in [3.05, 3.63) is 105 Å². The van der Waals surface area contributed by atoms with Gasteiger partial charge in [0.1, 0.15) is 0 Å². The predicted octanol–water partition coefficient (Wildman–Crippen LogP) is 7.26. The molecule has 0 heterocycles. The van der Waals surface area contributed by atoms with Gasteiger partial charge >= 0.3 is 0 Å². The molecule has 0 heteroatoms. The zero-order valence-corrected chi connectivity index (χ0v) is 16.1. The zero-order chi connectivity index (χ0) is 18.5. The number of hydrogen-bond donors (Lipinski definition) is 0. The maximum absolute atomic E-state index is 2.23. The number of benzene rings is 3. The van der Waals surface area contributed by atoms with Crippen LogP contribution in [-0.2, 0) is 0 Å². The second-order valence-corrected chi connectivity index (χ2v) is 7.05. The van der Waals surface area contributed by atoms with Crippen molar-refractivity contribution >= 4 is 24.3 Å².